The van der Waals surface area contributed by atoms with Crippen LogP contribution in [0, 0.1) is 0 Å². The number of H-pyrrole nitrogens is 1. The number of ether oxygens (including phenoxy) is 1. The molecule has 4 heterocycles. The highest BCUT2D eigenvalue weighted by molar-refractivity contribution is 7.11. The number of fused-ring (bicyclic) bond motifs is 3. The van der Waals surface area contributed by atoms with E-state index in [1.54, 1.807) is 36.8 Å². The van der Waals surface area contributed by atoms with Crippen LogP contribution in [0.15, 0.2) is 79.0 Å². The third kappa shape index (κ3) is 5.62. The number of benzene rings is 3. The molecule has 0 unspecified atom stereocenters. The van der Waals surface area contributed by atoms with Gasteiger partial charge in [-0.3, -0.25) is 24.8 Å². The first kappa shape index (κ1) is 26.9. The quantitative estimate of drug-likeness (QED) is 0.216. The smallest absolute Gasteiger partial charge is 0.276 e. The predicted molar refractivity (Wildman–Crippen MR) is 167 cm³/mol. The lowest BCUT2D eigenvalue weighted by Gasteiger charge is -2.26. The van der Waals surface area contributed by atoms with Gasteiger partial charge in [0.2, 0.25) is 5.95 Å². The van der Waals surface area contributed by atoms with Crippen LogP contribution < -0.4 is 10.1 Å². The van der Waals surface area contributed by atoms with Gasteiger partial charge in [0.15, 0.2) is 5.78 Å². The van der Waals surface area contributed by atoms with E-state index in [1.165, 1.54) is 10.4 Å². The van der Waals surface area contributed by atoms with Crippen LogP contribution in [0.2, 0.25) is 0 Å². The van der Waals surface area contributed by atoms with Crippen molar-refractivity contribution in [2.75, 3.05) is 19.0 Å². The largest absolute Gasteiger partial charge is 0.497 e. The zero-order chi connectivity index (χ0) is 29.3. The van der Waals surface area contributed by atoms with Gasteiger partial charge < -0.3 is 9.72 Å². The molecule has 3 aromatic heterocycles. The maximum absolute atomic E-state index is 13.5. The van der Waals surface area contributed by atoms with Crippen molar-refractivity contribution in [1.82, 2.24) is 24.8 Å². The zero-order valence-corrected chi connectivity index (χ0v) is 24.3. The van der Waals surface area contributed by atoms with E-state index in [9.17, 15) is 9.59 Å². The Morgan fingerprint density at radius 3 is 2.77 bits per heavy atom. The SMILES string of the molecule is COc1cccc(CN2CCc3nc(CC(=O)c4cccc5[nH]c(NC(=O)c6cc7ccccc7cn6)nc45)sc3C2)c1. The summed E-state index contributed by atoms with van der Waals surface area (Å²) in [5.74, 6) is 0.671. The Balaban J connectivity index is 1.04. The molecular weight excluding hydrogens is 560 g/mol. The number of amides is 1. The van der Waals surface area contributed by atoms with Crippen molar-refractivity contribution in [3.05, 3.63) is 111 Å². The number of Topliss-reactive ketones (excluding diaryl/α,β-unsaturated/α-hetero) is 1. The van der Waals surface area contributed by atoms with Gasteiger partial charge in [-0.25, -0.2) is 9.97 Å². The lowest BCUT2D eigenvalue weighted by Crippen LogP contribution is -2.29. The molecule has 0 saturated heterocycles. The second-order valence-corrected chi connectivity index (χ2v) is 11.7. The van der Waals surface area contributed by atoms with E-state index in [-0.39, 0.29) is 29.8 Å². The van der Waals surface area contributed by atoms with Gasteiger partial charge in [0.25, 0.3) is 5.91 Å². The Morgan fingerprint density at radius 1 is 1.02 bits per heavy atom. The summed E-state index contributed by atoms with van der Waals surface area (Å²) in [5.41, 5.74) is 4.24. The first-order valence-electron chi connectivity index (χ1n) is 14.0. The molecule has 0 radical (unpaired) electrons. The molecule has 0 atom stereocenters. The van der Waals surface area contributed by atoms with Crippen LogP contribution in [0.5, 0.6) is 5.75 Å². The number of aromatic amines is 1. The zero-order valence-electron chi connectivity index (χ0n) is 23.5. The second kappa shape index (κ2) is 11.4. The number of hydrogen-bond acceptors (Lipinski definition) is 8. The summed E-state index contributed by atoms with van der Waals surface area (Å²) in [6.07, 6.45) is 2.73. The Bertz CT molecular complexity index is 2000. The fourth-order valence-electron chi connectivity index (χ4n) is 5.47. The van der Waals surface area contributed by atoms with Gasteiger partial charge in [-0.15, -0.1) is 11.3 Å². The maximum atomic E-state index is 13.5. The molecule has 7 rings (SSSR count). The molecule has 9 nitrogen and oxygen atoms in total. The number of anilines is 1. The Labute approximate surface area is 251 Å². The summed E-state index contributed by atoms with van der Waals surface area (Å²) in [4.78, 5) is 46.8. The molecule has 10 heteroatoms. The lowest BCUT2D eigenvalue weighted by atomic mass is 10.1. The second-order valence-electron chi connectivity index (χ2n) is 10.5. The molecule has 214 valence electrons. The van der Waals surface area contributed by atoms with E-state index in [2.05, 4.69) is 37.3 Å². The third-order valence-electron chi connectivity index (χ3n) is 7.62. The van der Waals surface area contributed by atoms with Crippen LogP contribution in [-0.2, 0) is 25.9 Å². The van der Waals surface area contributed by atoms with E-state index < -0.39 is 0 Å². The predicted octanol–water partition coefficient (Wildman–Crippen LogP) is 5.81. The highest BCUT2D eigenvalue weighted by atomic mass is 32.1. The molecule has 3 aromatic carbocycles. The van der Waals surface area contributed by atoms with Gasteiger partial charge in [0.1, 0.15) is 22.0 Å². The molecule has 1 aliphatic heterocycles. The molecule has 6 aromatic rings. The number of imidazole rings is 1. The van der Waals surface area contributed by atoms with Gasteiger partial charge in [0, 0.05) is 48.1 Å². The van der Waals surface area contributed by atoms with Crippen LogP contribution in [0.1, 0.15) is 42.0 Å². The molecular formula is C33H28N6O3S. The van der Waals surface area contributed by atoms with Crippen LogP contribution >= 0.6 is 11.3 Å². The van der Waals surface area contributed by atoms with Crippen LogP contribution in [0.25, 0.3) is 21.8 Å². The number of carbonyl (C=O) groups is 2. The number of ketones is 1. The molecule has 1 aliphatic rings. The van der Waals surface area contributed by atoms with E-state index in [0.29, 0.717) is 16.6 Å². The van der Waals surface area contributed by atoms with Crippen molar-refractivity contribution < 1.29 is 14.3 Å². The summed E-state index contributed by atoms with van der Waals surface area (Å²) < 4.78 is 5.37. The summed E-state index contributed by atoms with van der Waals surface area (Å²) in [5, 5.41) is 5.48. The van der Waals surface area contributed by atoms with E-state index >= 15 is 0 Å². The standard InChI is InChI=1S/C33H28N6O3S/c1-42-23-9-4-6-20(14-23)18-39-13-12-25-29(19-39)43-30(35-25)16-28(40)24-10-5-11-26-31(24)37-33(36-26)38-32(41)27-15-21-7-2-3-8-22(21)17-34-27/h2-11,14-15,17H,12-13,16,18-19H2,1H3,(H2,36,37,38,41). The number of carbonyl (C=O) groups excluding carboxylic acids is 2. The van der Waals surface area contributed by atoms with E-state index in [4.69, 9.17) is 9.72 Å². The Morgan fingerprint density at radius 2 is 1.88 bits per heavy atom. The molecule has 0 bridgehead atoms. The maximum Gasteiger partial charge on any atom is 0.276 e. The average Bonchev–Trinajstić information content (AvgIpc) is 3.63. The van der Waals surface area contributed by atoms with Crippen molar-refractivity contribution in [3.8, 4) is 5.75 Å². The van der Waals surface area contributed by atoms with Gasteiger partial charge in [-0.2, -0.15) is 0 Å². The third-order valence-corrected chi connectivity index (χ3v) is 8.70. The van der Waals surface area contributed by atoms with Crippen molar-refractivity contribution >= 4 is 50.8 Å². The summed E-state index contributed by atoms with van der Waals surface area (Å²) in [7, 11) is 1.68. The van der Waals surface area contributed by atoms with Crippen molar-refractivity contribution in [2.45, 2.75) is 25.9 Å². The molecule has 1 amide bonds. The summed E-state index contributed by atoms with van der Waals surface area (Å²) in [6, 6.07) is 23.0. The average molecular weight is 589 g/mol. The molecule has 0 aliphatic carbocycles. The number of nitrogens with zero attached hydrogens (tertiary/aromatic N) is 4. The summed E-state index contributed by atoms with van der Waals surface area (Å²) >= 11 is 1.61. The first-order valence-corrected chi connectivity index (χ1v) is 14.8. The summed E-state index contributed by atoms with van der Waals surface area (Å²) in [6.45, 7) is 2.55. The van der Waals surface area contributed by atoms with E-state index in [1.807, 2.05) is 48.5 Å². The molecule has 0 fully saturated rings. The molecule has 0 spiro atoms. The minimum atomic E-state index is -0.383. The van der Waals surface area contributed by atoms with Crippen molar-refractivity contribution in [1.29, 1.82) is 0 Å². The number of aromatic nitrogens is 4. The number of rotatable bonds is 8. The van der Waals surface area contributed by atoms with Gasteiger partial charge in [-0.05, 0) is 41.3 Å². The van der Waals surface area contributed by atoms with Crippen molar-refractivity contribution in [2.24, 2.45) is 0 Å². The first-order chi connectivity index (χ1) is 21.0. The number of nitrogens with one attached hydrogen (secondary N) is 2. The number of methoxy groups -OCH3 is 1. The lowest BCUT2D eigenvalue weighted by molar-refractivity contribution is 0.0992. The molecule has 2 N–H and O–H groups in total. The highest BCUT2D eigenvalue weighted by Gasteiger charge is 2.23. The Hall–Kier alpha value is -4.93. The minimum Gasteiger partial charge on any atom is -0.497 e. The normalized spacial score (nSPS) is 13.2. The number of hydrogen-bond donors (Lipinski definition) is 2. The number of pyridine rings is 1. The van der Waals surface area contributed by atoms with Gasteiger partial charge in [0.05, 0.1) is 24.7 Å². The highest BCUT2D eigenvalue weighted by Crippen LogP contribution is 2.28. The van der Waals surface area contributed by atoms with Gasteiger partial charge >= 0.3 is 0 Å². The Kier molecular flexibility index (Phi) is 7.14. The fourth-order valence-corrected chi connectivity index (χ4v) is 6.63. The van der Waals surface area contributed by atoms with Crippen molar-refractivity contribution in [3.63, 3.8) is 0 Å². The van der Waals surface area contributed by atoms with Crippen LogP contribution in [0.4, 0.5) is 5.95 Å². The van der Waals surface area contributed by atoms with Crippen LogP contribution in [-0.4, -0.2) is 50.2 Å². The minimum absolute atomic E-state index is 0.0643. The van der Waals surface area contributed by atoms with Crippen LogP contribution in [0.3, 0.4) is 0 Å². The monoisotopic (exact) mass is 588 g/mol. The fraction of sp³-hybridized carbons (Fsp3) is 0.182. The topological polar surface area (TPSA) is 113 Å². The van der Waals surface area contributed by atoms with E-state index in [0.717, 1.165) is 53.3 Å². The molecule has 43 heavy (non-hydrogen) atoms. The molecule has 0 saturated carbocycles. The number of thiazole rings is 1. The van der Waals surface area contributed by atoms with Gasteiger partial charge in [-0.1, -0.05) is 42.5 Å². The number of para-hydroxylation sites is 1.